The fraction of sp³-hybridized carbons (Fsp3) is 0.500. The van der Waals surface area contributed by atoms with Crippen LogP contribution in [0.4, 0.5) is 0 Å². The minimum Gasteiger partial charge on any atom is -0.248 e. The summed E-state index contributed by atoms with van der Waals surface area (Å²) in [6.07, 6.45) is 4.77. The average Bonchev–Trinajstić information content (AvgIpc) is 1.69. The van der Waals surface area contributed by atoms with Crippen molar-refractivity contribution in [1.82, 2.24) is 0 Å². The quantitative estimate of drug-likeness (QED) is 0.467. The van der Waals surface area contributed by atoms with Crippen LogP contribution in [0.2, 0.25) is 0 Å². The molecule has 0 aliphatic rings. The molecule has 0 aliphatic carbocycles. The molecule has 1 N–H and O–H groups in total. The van der Waals surface area contributed by atoms with E-state index in [9.17, 15) is 0 Å². The molecule has 1 nitrogen and oxygen atoms in total. The zero-order valence-corrected chi connectivity index (χ0v) is 4.78. The second kappa shape index (κ2) is 5.41. The van der Waals surface area contributed by atoms with Gasteiger partial charge in [-0.25, -0.2) is 4.99 Å². The molecular formula is C6H12N+. The van der Waals surface area contributed by atoms with E-state index in [1.165, 1.54) is 6.42 Å². The van der Waals surface area contributed by atoms with Crippen LogP contribution in [0.3, 0.4) is 0 Å². The first-order valence-corrected chi connectivity index (χ1v) is 2.59. The lowest BCUT2D eigenvalue weighted by atomic mass is 10.5. The van der Waals surface area contributed by atoms with E-state index in [-0.39, 0.29) is 0 Å². The molecule has 40 valence electrons. The zero-order valence-electron chi connectivity index (χ0n) is 4.78. The van der Waals surface area contributed by atoms with E-state index >= 15 is 0 Å². The van der Waals surface area contributed by atoms with Crippen LogP contribution in [0.15, 0.2) is 12.7 Å². The van der Waals surface area contributed by atoms with E-state index in [0.29, 0.717) is 0 Å². The van der Waals surface area contributed by atoms with Gasteiger partial charge in [0.25, 0.3) is 0 Å². The number of nitrogens with one attached hydrogen (secondary N) is 1. The van der Waals surface area contributed by atoms with Crippen LogP contribution in [0, 0.1) is 0 Å². The maximum absolute atomic E-state index is 3.51. The average molecular weight is 98.2 g/mol. The van der Waals surface area contributed by atoms with Gasteiger partial charge in [-0.3, -0.25) is 0 Å². The molecule has 0 aromatic rings. The Hall–Kier alpha value is -0.590. The van der Waals surface area contributed by atoms with Crippen molar-refractivity contribution in [2.45, 2.75) is 13.3 Å². The first kappa shape index (κ1) is 6.41. The SMILES string of the molecule is C=CC=[NH+]CCC. The predicted octanol–water partition coefficient (Wildman–Crippen LogP) is -0.266. The third-order valence-electron chi connectivity index (χ3n) is 0.630. The highest BCUT2D eigenvalue weighted by molar-refractivity contribution is 5.63. The summed E-state index contributed by atoms with van der Waals surface area (Å²) in [5.41, 5.74) is 0. The standard InChI is InChI=1S/C6H11N/c1-3-5-7-6-4-2/h3,5H,1,4,6H2,2H3/p+1. The predicted molar refractivity (Wildman–Crippen MR) is 32.4 cm³/mol. The fourth-order valence-corrected chi connectivity index (χ4v) is 0.311. The number of allylic oxidation sites excluding steroid dienone is 1. The number of hydrogen-bond acceptors (Lipinski definition) is 0. The molecule has 0 bridgehead atoms. The molecule has 7 heavy (non-hydrogen) atoms. The van der Waals surface area contributed by atoms with Crippen LogP contribution in [0.25, 0.3) is 0 Å². The fourth-order valence-electron chi connectivity index (χ4n) is 0.311. The molecule has 0 saturated heterocycles. The summed E-state index contributed by atoms with van der Waals surface area (Å²) in [6, 6.07) is 0. The lowest BCUT2D eigenvalue weighted by molar-refractivity contribution is -0.450. The van der Waals surface area contributed by atoms with Gasteiger partial charge in [-0.1, -0.05) is 13.5 Å². The Morgan fingerprint density at radius 1 is 1.71 bits per heavy atom. The van der Waals surface area contributed by atoms with Gasteiger partial charge in [0.1, 0.15) is 6.54 Å². The Labute approximate surface area is 44.8 Å². The number of rotatable bonds is 3. The van der Waals surface area contributed by atoms with Gasteiger partial charge in [0.2, 0.25) is 0 Å². The number of hydrogen-bond donors (Lipinski definition) is 1. The molecule has 0 amide bonds. The molecule has 0 heterocycles. The van der Waals surface area contributed by atoms with Crippen LogP contribution in [0.1, 0.15) is 13.3 Å². The third kappa shape index (κ3) is 5.41. The molecule has 0 unspecified atom stereocenters. The first-order valence-electron chi connectivity index (χ1n) is 2.59. The molecule has 0 spiro atoms. The summed E-state index contributed by atoms with van der Waals surface area (Å²) in [5.74, 6) is 0. The Balaban J connectivity index is 2.92. The second-order valence-corrected chi connectivity index (χ2v) is 1.36. The molecule has 0 aliphatic heterocycles. The van der Waals surface area contributed by atoms with E-state index < -0.39 is 0 Å². The first-order chi connectivity index (χ1) is 3.41. The van der Waals surface area contributed by atoms with Crippen LogP contribution in [-0.4, -0.2) is 12.8 Å². The van der Waals surface area contributed by atoms with Crippen LogP contribution in [0.5, 0.6) is 0 Å². The Morgan fingerprint density at radius 2 is 2.43 bits per heavy atom. The summed E-state index contributed by atoms with van der Waals surface area (Å²) in [7, 11) is 0. The molecule has 0 rings (SSSR count). The molecule has 0 aromatic heterocycles. The van der Waals surface area contributed by atoms with Gasteiger partial charge in [0.05, 0.1) is 0 Å². The van der Waals surface area contributed by atoms with Gasteiger partial charge < -0.3 is 0 Å². The monoisotopic (exact) mass is 98.1 g/mol. The van der Waals surface area contributed by atoms with Crippen molar-refractivity contribution in [3.05, 3.63) is 12.7 Å². The largest absolute Gasteiger partial charge is 0.248 e. The molecule has 0 saturated carbocycles. The normalized spacial score (nSPS) is 9.86. The van der Waals surface area contributed by atoms with Crippen molar-refractivity contribution in [2.24, 2.45) is 0 Å². The van der Waals surface area contributed by atoms with Crippen molar-refractivity contribution in [3.63, 3.8) is 0 Å². The van der Waals surface area contributed by atoms with Crippen LogP contribution < -0.4 is 4.99 Å². The highest BCUT2D eigenvalue weighted by Gasteiger charge is 1.72. The lowest BCUT2D eigenvalue weighted by Crippen LogP contribution is -2.68. The minimum absolute atomic E-state index is 1.05. The van der Waals surface area contributed by atoms with E-state index in [1.807, 2.05) is 6.21 Å². The highest BCUT2D eigenvalue weighted by Crippen LogP contribution is 1.56. The summed E-state index contributed by atoms with van der Waals surface area (Å²) < 4.78 is 0. The van der Waals surface area contributed by atoms with E-state index in [0.717, 1.165) is 6.54 Å². The van der Waals surface area contributed by atoms with E-state index in [1.54, 1.807) is 6.08 Å². The minimum atomic E-state index is 1.05. The Kier molecular flexibility index (Phi) is 4.95. The zero-order chi connectivity index (χ0) is 5.54. The van der Waals surface area contributed by atoms with Crippen molar-refractivity contribution in [2.75, 3.05) is 6.54 Å². The lowest BCUT2D eigenvalue weighted by Gasteiger charge is -1.72. The van der Waals surface area contributed by atoms with Crippen LogP contribution in [-0.2, 0) is 0 Å². The summed E-state index contributed by atoms with van der Waals surface area (Å²) in [4.78, 5) is 3.04. The van der Waals surface area contributed by atoms with Crippen molar-refractivity contribution < 1.29 is 4.99 Å². The van der Waals surface area contributed by atoms with Gasteiger partial charge in [0, 0.05) is 6.42 Å². The molecule has 0 fully saturated rings. The highest BCUT2D eigenvalue weighted by atomic mass is 14.7. The molecular weight excluding hydrogens is 86.1 g/mol. The second-order valence-electron chi connectivity index (χ2n) is 1.36. The van der Waals surface area contributed by atoms with Crippen molar-refractivity contribution in [3.8, 4) is 0 Å². The van der Waals surface area contributed by atoms with Gasteiger partial charge in [-0.05, 0) is 6.08 Å². The smallest absolute Gasteiger partial charge is 0.161 e. The maximum atomic E-state index is 3.51. The molecule has 0 aromatic carbocycles. The molecule has 1 heteroatoms. The molecule has 0 atom stereocenters. The third-order valence-corrected chi connectivity index (χ3v) is 0.630. The van der Waals surface area contributed by atoms with Gasteiger partial charge in [0.15, 0.2) is 6.21 Å². The Bertz CT molecular complexity index is 64.6. The summed E-state index contributed by atoms with van der Waals surface area (Å²) >= 11 is 0. The maximum Gasteiger partial charge on any atom is 0.161 e. The topological polar surface area (TPSA) is 14.0 Å². The van der Waals surface area contributed by atoms with Crippen molar-refractivity contribution in [1.29, 1.82) is 0 Å². The van der Waals surface area contributed by atoms with Gasteiger partial charge in [-0.2, -0.15) is 0 Å². The van der Waals surface area contributed by atoms with Crippen LogP contribution >= 0.6 is 0 Å². The summed E-state index contributed by atoms with van der Waals surface area (Å²) in [6.45, 7) is 6.69. The molecule has 0 radical (unpaired) electrons. The summed E-state index contributed by atoms with van der Waals surface area (Å²) in [5, 5.41) is 0. The van der Waals surface area contributed by atoms with Crippen molar-refractivity contribution >= 4 is 6.21 Å². The van der Waals surface area contributed by atoms with Gasteiger partial charge >= 0.3 is 0 Å². The van der Waals surface area contributed by atoms with E-state index in [2.05, 4.69) is 18.5 Å². The Morgan fingerprint density at radius 3 is 2.86 bits per heavy atom. The van der Waals surface area contributed by atoms with Gasteiger partial charge in [-0.15, -0.1) is 0 Å². The van der Waals surface area contributed by atoms with E-state index in [4.69, 9.17) is 0 Å².